The normalized spacial score (nSPS) is 13.2. The number of aliphatic hydroxyl groups is 1. The number of carbonyl (C=O) groups is 1. The van der Waals surface area contributed by atoms with Crippen LogP contribution in [0.1, 0.15) is 56.6 Å². The Morgan fingerprint density at radius 2 is 2.00 bits per heavy atom. The SMILES string of the molecule is CC(C)Cn1cc(C(F)F)c(C(=O)NC(CCO)C(C)C)n1. The molecule has 1 amide bonds. The van der Waals surface area contributed by atoms with Gasteiger partial charge in [0, 0.05) is 25.4 Å². The van der Waals surface area contributed by atoms with Gasteiger partial charge in [0.2, 0.25) is 0 Å². The molecule has 0 radical (unpaired) electrons. The van der Waals surface area contributed by atoms with Crippen LogP contribution in [-0.4, -0.2) is 33.4 Å². The van der Waals surface area contributed by atoms with Crippen LogP contribution in [-0.2, 0) is 6.54 Å². The van der Waals surface area contributed by atoms with Crippen LogP contribution in [0.25, 0.3) is 0 Å². The molecule has 2 N–H and O–H groups in total. The molecule has 1 atom stereocenters. The van der Waals surface area contributed by atoms with Crippen molar-refractivity contribution in [1.29, 1.82) is 0 Å². The summed E-state index contributed by atoms with van der Waals surface area (Å²) in [6.07, 6.45) is -1.15. The monoisotopic (exact) mass is 317 g/mol. The Bertz CT molecular complexity index is 487. The van der Waals surface area contributed by atoms with Crippen LogP contribution < -0.4 is 5.32 Å². The van der Waals surface area contributed by atoms with Gasteiger partial charge in [0.1, 0.15) is 0 Å². The Morgan fingerprint density at radius 3 is 2.45 bits per heavy atom. The minimum absolute atomic E-state index is 0.0768. The maximum Gasteiger partial charge on any atom is 0.272 e. The molecule has 0 spiro atoms. The van der Waals surface area contributed by atoms with E-state index in [0.717, 1.165) is 0 Å². The van der Waals surface area contributed by atoms with Gasteiger partial charge < -0.3 is 10.4 Å². The van der Waals surface area contributed by atoms with Gasteiger partial charge in [-0.15, -0.1) is 0 Å². The van der Waals surface area contributed by atoms with E-state index in [1.54, 1.807) is 0 Å². The molecule has 0 aliphatic rings. The summed E-state index contributed by atoms with van der Waals surface area (Å²) in [5.41, 5.74) is -0.594. The number of carbonyl (C=O) groups excluding carboxylic acids is 1. The van der Waals surface area contributed by atoms with Gasteiger partial charge in [-0.2, -0.15) is 5.10 Å². The van der Waals surface area contributed by atoms with Crippen LogP contribution in [0.3, 0.4) is 0 Å². The van der Waals surface area contributed by atoms with Gasteiger partial charge in [-0.1, -0.05) is 27.7 Å². The van der Waals surface area contributed by atoms with Crippen molar-refractivity contribution in [1.82, 2.24) is 15.1 Å². The first-order valence-corrected chi connectivity index (χ1v) is 7.53. The lowest BCUT2D eigenvalue weighted by molar-refractivity contribution is 0.0897. The van der Waals surface area contributed by atoms with Crippen molar-refractivity contribution < 1.29 is 18.7 Å². The third kappa shape index (κ3) is 5.05. The third-order valence-electron chi connectivity index (χ3n) is 3.35. The maximum atomic E-state index is 13.1. The summed E-state index contributed by atoms with van der Waals surface area (Å²) in [7, 11) is 0. The fourth-order valence-electron chi connectivity index (χ4n) is 2.19. The molecule has 1 aromatic rings. The fourth-order valence-corrected chi connectivity index (χ4v) is 2.19. The predicted molar refractivity (Wildman–Crippen MR) is 79.8 cm³/mol. The van der Waals surface area contributed by atoms with Crippen LogP contribution in [0.5, 0.6) is 0 Å². The Labute approximate surface area is 129 Å². The zero-order valence-corrected chi connectivity index (χ0v) is 13.5. The lowest BCUT2D eigenvalue weighted by Crippen LogP contribution is -2.39. The van der Waals surface area contributed by atoms with Crippen LogP contribution >= 0.6 is 0 Å². The van der Waals surface area contributed by atoms with Gasteiger partial charge >= 0.3 is 0 Å². The van der Waals surface area contributed by atoms with Crippen molar-refractivity contribution in [2.24, 2.45) is 11.8 Å². The van der Waals surface area contributed by atoms with Crippen molar-refractivity contribution in [3.05, 3.63) is 17.5 Å². The van der Waals surface area contributed by atoms with Gasteiger partial charge in [0.15, 0.2) is 5.69 Å². The van der Waals surface area contributed by atoms with Crippen molar-refractivity contribution in [3.8, 4) is 0 Å². The highest BCUT2D eigenvalue weighted by Crippen LogP contribution is 2.23. The lowest BCUT2D eigenvalue weighted by Gasteiger charge is -2.21. The van der Waals surface area contributed by atoms with E-state index in [9.17, 15) is 13.6 Å². The second-order valence-corrected chi connectivity index (χ2v) is 6.19. The Morgan fingerprint density at radius 1 is 1.36 bits per heavy atom. The van der Waals surface area contributed by atoms with E-state index in [1.807, 2.05) is 27.7 Å². The number of amides is 1. The molecule has 7 heteroatoms. The molecule has 0 aliphatic carbocycles. The van der Waals surface area contributed by atoms with Crippen LogP contribution in [0.4, 0.5) is 8.78 Å². The molecule has 1 unspecified atom stereocenters. The number of aliphatic hydroxyl groups excluding tert-OH is 1. The number of rotatable bonds is 8. The topological polar surface area (TPSA) is 67.2 Å². The molecule has 22 heavy (non-hydrogen) atoms. The number of nitrogens with zero attached hydrogens (tertiary/aromatic N) is 2. The number of alkyl halides is 2. The highest BCUT2D eigenvalue weighted by atomic mass is 19.3. The molecule has 1 heterocycles. The predicted octanol–water partition coefficient (Wildman–Crippen LogP) is 2.61. The Kier molecular flexibility index (Phi) is 6.93. The quantitative estimate of drug-likeness (QED) is 0.774. The van der Waals surface area contributed by atoms with E-state index in [0.29, 0.717) is 13.0 Å². The highest BCUT2D eigenvalue weighted by Gasteiger charge is 2.25. The number of aromatic nitrogens is 2. The lowest BCUT2D eigenvalue weighted by atomic mass is 10.0. The van der Waals surface area contributed by atoms with E-state index in [-0.39, 0.29) is 35.7 Å². The van der Waals surface area contributed by atoms with Crippen LogP contribution in [0.15, 0.2) is 6.20 Å². The number of hydrogen-bond acceptors (Lipinski definition) is 3. The molecule has 0 saturated carbocycles. The van der Waals surface area contributed by atoms with Gasteiger partial charge in [-0.05, 0) is 18.3 Å². The molecular weight excluding hydrogens is 292 g/mol. The summed E-state index contributed by atoms with van der Waals surface area (Å²) >= 11 is 0. The summed E-state index contributed by atoms with van der Waals surface area (Å²) in [5, 5.41) is 15.7. The first kappa shape index (κ1) is 18.5. The first-order chi connectivity index (χ1) is 10.3. The standard InChI is InChI=1S/C15H25F2N3O2/c1-9(2)7-20-8-11(14(16)17)13(19-20)15(22)18-12(5-6-21)10(3)4/h8-10,12,14,21H,5-7H2,1-4H3,(H,18,22). The minimum Gasteiger partial charge on any atom is -0.396 e. The molecule has 0 saturated heterocycles. The third-order valence-corrected chi connectivity index (χ3v) is 3.35. The Hall–Kier alpha value is -1.50. The van der Waals surface area contributed by atoms with E-state index < -0.39 is 12.3 Å². The molecular formula is C15H25F2N3O2. The van der Waals surface area contributed by atoms with Gasteiger partial charge in [-0.25, -0.2) is 8.78 Å². The Balaban J connectivity index is 2.97. The van der Waals surface area contributed by atoms with E-state index >= 15 is 0 Å². The van der Waals surface area contributed by atoms with E-state index in [4.69, 9.17) is 5.11 Å². The van der Waals surface area contributed by atoms with Crippen molar-refractivity contribution in [2.75, 3.05) is 6.61 Å². The van der Waals surface area contributed by atoms with E-state index in [1.165, 1.54) is 10.9 Å². The molecule has 1 rings (SSSR count). The molecule has 0 aromatic carbocycles. The highest BCUT2D eigenvalue weighted by molar-refractivity contribution is 5.94. The van der Waals surface area contributed by atoms with Gasteiger partial charge in [-0.3, -0.25) is 9.48 Å². The molecule has 0 aliphatic heterocycles. The summed E-state index contributed by atoms with van der Waals surface area (Å²) in [5.74, 6) is -0.298. The average molecular weight is 317 g/mol. The average Bonchev–Trinajstić information content (AvgIpc) is 2.81. The fraction of sp³-hybridized carbons (Fsp3) is 0.733. The van der Waals surface area contributed by atoms with Gasteiger partial charge in [0.25, 0.3) is 12.3 Å². The smallest absolute Gasteiger partial charge is 0.272 e. The van der Waals surface area contributed by atoms with Crippen LogP contribution in [0.2, 0.25) is 0 Å². The molecule has 0 fully saturated rings. The molecule has 1 aromatic heterocycles. The van der Waals surface area contributed by atoms with Crippen molar-refractivity contribution in [2.45, 2.75) is 53.1 Å². The number of halogens is 2. The van der Waals surface area contributed by atoms with Crippen LogP contribution in [0, 0.1) is 11.8 Å². The maximum absolute atomic E-state index is 13.1. The van der Waals surface area contributed by atoms with Crippen molar-refractivity contribution in [3.63, 3.8) is 0 Å². The second kappa shape index (κ2) is 8.22. The largest absolute Gasteiger partial charge is 0.396 e. The van der Waals surface area contributed by atoms with Gasteiger partial charge in [0.05, 0.1) is 5.56 Å². The number of nitrogens with one attached hydrogen (secondary N) is 1. The second-order valence-electron chi connectivity index (χ2n) is 6.19. The molecule has 0 bridgehead atoms. The number of hydrogen-bond donors (Lipinski definition) is 2. The zero-order valence-electron chi connectivity index (χ0n) is 13.5. The zero-order chi connectivity index (χ0) is 16.9. The summed E-state index contributed by atoms with van der Waals surface area (Å²) in [6.45, 7) is 8.07. The summed E-state index contributed by atoms with van der Waals surface area (Å²) in [6, 6.07) is -0.279. The summed E-state index contributed by atoms with van der Waals surface area (Å²) in [4.78, 5) is 12.3. The summed E-state index contributed by atoms with van der Waals surface area (Å²) < 4.78 is 27.6. The van der Waals surface area contributed by atoms with Crippen molar-refractivity contribution >= 4 is 5.91 Å². The molecule has 126 valence electrons. The first-order valence-electron chi connectivity index (χ1n) is 7.53. The molecule has 5 nitrogen and oxygen atoms in total. The van der Waals surface area contributed by atoms with E-state index in [2.05, 4.69) is 10.4 Å². The minimum atomic E-state index is -2.75.